The Balaban J connectivity index is 1.95. The highest BCUT2D eigenvalue weighted by Gasteiger charge is 2.01. The lowest BCUT2D eigenvalue weighted by atomic mass is 10.4. The van der Waals surface area contributed by atoms with Gasteiger partial charge in [-0.1, -0.05) is 18.2 Å². The normalized spacial score (nSPS) is 10.4. The van der Waals surface area contributed by atoms with E-state index in [1.54, 1.807) is 11.8 Å². The van der Waals surface area contributed by atoms with Gasteiger partial charge in [0.05, 0.1) is 5.75 Å². The summed E-state index contributed by atoms with van der Waals surface area (Å²) in [4.78, 5) is 5.30. The number of hydrogen-bond donors (Lipinski definition) is 0. The Hall–Kier alpha value is -0.580. The molecule has 0 aliphatic rings. The molecule has 0 aliphatic carbocycles. The van der Waals surface area contributed by atoms with Crippen molar-refractivity contribution in [2.24, 2.45) is 0 Å². The summed E-state index contributed by atoms with van der Waals surface area (Å²) in [6, 6.07) is 10.2. The smallest absolute Gasteiger partial charge is 0.203 e. The van der Waals surface area contributed by atoms with Gasteiger partial charge in [0.25, 0.3) is 0 Å². The van der Waals surface area contributed by atoms with Crippen LogP contribution >= 0.6 is 34.9 Å². The van der Waals surface area contributed by atoms with Crippen LogP contribution in [0.2, 0.25) is 4.47 Å². The van der Waals surface area contributed by atoms with E-state index in [9.17, 15) is 0 Å². The molecule has 0 saturated carbocycles. The van der Waals surface area contributed by atoms with Crippen LogP contribution in [0.5, 0.6) is 0 Å². The second-order valence-corrected chi connectivity index (χ2v) is 4.95. The van der Waals surface area contributed by atoms with Crippen LogP contribution < -0.4 is 0 Å². The van der Waals surface area contributed by atoms with Gasteiger partial charge in [-0.05, 0) is 35.3 Å². The Morgan fingerprint density at radius 1 is 1.29 bits per heavy atom. The van der Waals surface area contributed by atoms with Crippen molar-refractivity contribution in [1.82, 2.24) is 9.36 Å². The number of rotatable bonds is 3. The predicted molar refractivity (Wildman–Crippen MR) is 60.9 cm³/mol. The first kappa shape index (κ1) is 9.96. The average molecular weight is 243 g/mol. The Labute approximate surface area is 95.5 Å². The zero-order valence-corrected chi connectivity index (χ0v) is 9.57. The van der Waals surface area contributed by atoms with E-state index in [2.05, 4.69) is 21.5 Å². The Bertz CT molecular complexity index is 402. The minimum absolute atomic E-state index is 0.508. The molecule has 0 aliphatic heterocycles. The minimum Gasteiger partial charge on any atom is -0.207 e. The van der Waals surface area contributed by atoms with Gasteiger partial charge in [-0.2, -0.15) is 4.37 Å². The van der Waals surface area contributed by atoms with Gasteiger partial charge in [-0.15, -0.1) is 11.8 Å². The van der Waals surface area contributed by atoms with E-state index in [0.29, 0.717) is 4.47 Å². The molecule has 1 aromatic heterocycles. The molecule has 72 valence electrons. The molecule has 0 amide bonds. The fraction of sp³-hybridized carbons (Fsp3) is 0.111. The summed E-state index contributed by atoms with van der Waals surface area (Å²) in [5, 5.41) is 0. The number of hydrogen-bond acceptors (Lipinski definition) is 4. The largest absolute Gasteiger partial charge is 0.207 e. The quantitative estimate of drug-likeness (QED) is 0.771. The standard InChI is InChI=1S/C9H7ClN2S2/c10-9-11-8(12-14-9)6-13-7-4-2-1-3-5-7/h1-5H,6H2. The zero-order valence-electron chi connectivity index (χ0n) is 7.18. The van der Waals surface area contributed by atoms with Crippen LogP contribution in [-0.4, -0.2) is 9.36 Å². The van der Waals surface area contributed by atoms with Crippen LogP contribution in [0.25, 0.3) is 0 Å². The summed E-state index contributed by atoms with van der Waals surface area (Å²) in [5.74, 6) is 1.57. The molecule has 0 N–H and O–H groups in total. The van der Waals surface area contributed by atoms with Crippen molar-refractivity contribution in [2.45, 2.75) is 10.6 Å². The molecule has 0 fully saturated rings. The van der Waals surface area contributed by atoms with Crippen molar-refractivity contribution < 1.29 is 0 Å². The Morgan fingerprint density at radius 2 is 2.07 bits per heavy atom. The molecule has 2 nitrogen and oxygen atoms in total. The molecule has 0 bridgehead atoms. The average Bonchev–Trinajstić information content (AvgIpc) is 2.63. The third-order valence-corrected chi connectivity index (χ3v) is 3.40. The predicted octanol–water partition coefficient (Wildman–Crippen LogP) is 3.48. The third-order valence-electron chi connectivity index (χ3n) is 1.55. The van der Waals surface area contributed by atoms with Gasteiger partial charge >= 0.3 is 0 Å². The minimum atomic E-state index is 0.508. The lowest BCUT2D eigenvalue weighted by molar-refractivity contribution is 1.14. The van der Waals surface area contributed by atoms with E-state index in [1.807, 2.05) is 18.2 Å². The summed E-state index contributed by atoms with van der Waals surface area (Å²) in [6.45, 7) is 0. The maximum absolute atomic E-state index is 5.68. The van der Waals surface area contributed by atoms with Crippen LogP contribution in [0, 0.1) is 0 Å². The summed E-state index contributed by atoms with van der Waals surface area (Å²) in [6.07, 6.45) is 0. The monoisotopic (exact) mass is 242 g/mol. The molecule has 0 spiro atoms. The Morgan fingerprint density at radius 3 is 2.71 bits per heavy atom. The van der Waals surface area contributed by atoms with Gasteiger partial charge in [0, 0.05) is 4.90 Å². The first-order valence-electron chi connectivity index (χ1n) is 4.00. The van der Waals surface area contributed by atoms with Crippen LogP contribution in [0.3, 0.4) is 0 Å². The molecule has 5 heteroatoms. The number of benzene rings is 1. The molecular weight excluding hydrogens is 236 g/mol. The van der Waals surface area contributed by atoms with E-state index >= 15 is 0 Å². The molecular formula is C9H7ClN2S2. The number of aromatic nitrogens is 2. The topological polar surface area (TPSA) is 25.8 Å². The summed E-state index contributed by atoms with van der Waals surface area (Å²) < 4.78 is 4.62. The van der Waals surface area contributed by atoms with Gasteiger partial charge in [0.2, 0.25) is 4.47 Å². The van der Waals surface area contributed by atoms with Crippen molar-refractivity contribution in [1.29, 1.82) is 0 Å². The van der Waals surface area contributed by atoms with Gasteiger partial charge in [-0.25, -0.2) is 4.98 Å². The second kappa shape index (κ2) is 4.77. The van der Waals surface area contributed by atoms with E-state index in [0.717, 1.165) is 11.6 Å². The summed E-state index contributed by atoms with van der Waals surface area (Å²) in [7, 11) is 0. The third kappa shape index (κ3) is 2.70. The number of thioether (sulfide) groups is 1. The zero-order chi connectivity index (χ0) is 9.80. The lowest BCUT2D eigenvalue weighted by Crippen LogP contribution is -1.82. The van der Waals surface area contributed by atoms with Crippen molar-refractivity contribution in [2.75, 3.05) is 0 Å². The van der Waals surface area contributed by atoms with Crippen LogP contribution in [-0.2, 0) is 5.75 Å². The fourth-order valence-corrected chi connectivity index (χ4v) is 2.45. The molecule has 2 aromatic rings. The molecule has 0 atom stereocenters. The second-order valence-electron chi connectivity index (χ2n) is 2.57. The van der Waals surface area contributed by atoms with E-state index in [4.69, 9.17) is 11.6 Å². The van der Waals surface area contributed by atoms with Crippen LogP contribution in [0.1, 0.15) is 5.82 Å². The highest BCUT2D eigenvalue weighted by atomic mass is 35.5. The van der Waals surface area contributed by atoms with E-state index < -0.39 is 0 Å². The van der Waals surface area contributed by atoms with Crippen molar-refractivity contribution in [3.63, 3.8) is 0 Å². The van der Waals surface area contributed by atoms with Crippen molar-refractivity contribution >= 4 is 34.9 Å². The molecule has 1 heterocycles. The van der Waals surface area contributed by atoms with Gasteiger partial charge in [0.1, 0.15) is 0 Å². The SMILES string of the molecule is Clc1nc(CSc2ccccc2)ns1. The molecule has 0 saturated heterocycles. The van der Waals surface area contributed by atoms with Crippen molar-refractivity contribution in [3.8, 4) is 0 Å². The van der Waals surface area contributed by atoms with Crippen LogP contribution in [0.4, 0.5) is 0 Å². The lowest BCUT2D eigenvalue weighted by Gasteiger charge is -1.96. The van der Waals surface area contributed by atoms with E-state index in [1.165, 1.54) is 16.4 Å². The van der Waals surface area contributed by atoms with Gasteiger partial charge in [0.15, 0.2) is 5.82 Å². The highest BCUT2D eigenvalue weighted by Crippen LogP contribution is 2.22. The number of halogens is 1. The number of nitrogens with zero attached hydrogens (tertiary/aromatic N) is 2. The Kier molecular flexibility index (Phi) is 3.39. The maximum Gasteiger partial charge on any atom is 0.203 e. The highest BCUT2D eigenvalue weighted by molar-refractivity contribution is 7.98. The molecule has 14 heavy (non-hydrogen) atoms. The fourth-order valence-electron chi connectivity index (χ4n) is 0.956. The van der Waals surface area contributed by atoms with E-state index in [-0.39, 0.29) is 0 Å². The first-order chi connectivity index (χ1) is 6.84. The summed E-state index contributed by atoms with van der Waals surface area (Å²) in [5.41, 5.74) is 0. The molecule has 1 aromatic carbocycles. The molecule has 0 unspecified atom stereocenters. The van der Waals surface area contributed by atoms with Crippen LogP contribution in [0.15, 0.2) is 35.2 Å². The maximum atomic E-state index is 5.68. The van der Waals surface area contributed by atoms with Crippen molar-refractivity contribution in [3.05, 3.63) is 40.6 Å². The summed E-state index contributed by atoms with van der Waals surface area (Å²) >= 11 is 8.62. The van der Waals surface area contributed by atoms with Gasteiger partial charge in [-0.3, -0.25) is 0 Å². The van der Waals surface area contributed by atoms with Gasteiger partial charge < -0.3 is 0 Å². The first-order valence-corrected chi connectivity index (χ1v) is 6.14. The molecule has 0 radical (unpaired) electrons. The molecule has 2 rings (SSSR count).